The fourth-order valence-electron chi connectivity index (χ4n) is 0.493. The summed E-state index contributed by atoms with van der Waals surface area (Å²) >= 11 is 0. The summed E-state index contributed by atoms with van der Waals surface area (Å²) in [5.41, 5.74) is 5.34. The highest BCUT2D eigenvalue weighted by Crippen LogP contribution is 1.98. The van der Waals surface area contributed by atoms with Crippen molar-refractivity contribution in [1.82, 2.24) is 9.97 Å². The summed E-state index contributed by atoms with van der Waals surface area (Å²) in [6.45, 7) is 4.00. The Morgan fingerprint density at radius 3 is 2.45 bits per heavy atom. The van der Waals surface area contributed by atoms with Gasteiger partial charge in [0.2, 0.25) is 5.95 Å². The van der Waals surface area contributed by atoms with Gasteiger partial charge in [-0.05, 0) is 6.07 Å². The molecule has 0 radical (unpaired) electrons. The molecule has 3 N–H and O–H groups in total. The SMILES string of the molecule is CC.CNc1nccc(N)n1. The lowest BCUT2D eigenvalue weighted by molar-refractivity contribution is 1.16. The average Bonchev–Trinajstić information content (AvgIpc) is 2.08. The van der Waals surface area contributed by atoms with Crippen molar-refractivity contribution in [3.63, 3.8) is 0 Å². The van der Waals surface area contributed by atoms with Crippen LogP contribution in [0.3, 0.4) is 0 Å². The molecule has 0 saturated heterocycles. The van der Waals surface area contributed by atoms with Gasteiger partial charge in [0.15, 0.2) is 0 Å². The molecule has 62 valence electrons. The fraction of sp³-hybridized carbons (Fsp3) is 0.429. The first kappa shape index (κ1) is 9.68. The largest absolute Gasteiger partial charge is 0.384 e. The van der Waals surface area contributed by atoms with Gasteiger partial charge in [-0.2, -0.15) is 4.98 Å². The Morgan fingerprint density at radius 2 is 2.09 bits per heavy atom. The minimum Gasteiger partial charge on any atom is -0.384 e. The van der Waals surface area contributed by atoms with Gasteiger partial charge >= 0.3 is 0 Å². The fourth-order valence-corrected chi connectivity index (χ4v) is 0.493. The van der Waals surface area contributed by atoms with Crippen LogP contribution in [0.25, 0.3) is 0 Å². The molecule has 4 heteroatoms. The van der Waals surface area contributed by atoms with E-state index >= 15 is 0 Å². The van der Waals surface area contributed by atoms with Crippen LogP contribution < -0.4 is 11.1 Å². The van der Waals surface area contributed by atoms with Gasteiger partial charge in [0.05, 0.1) is 0 Å². The number of nitrogens with two attached hydrogens (primary N) is 1. The molecule has 0 aliphatic heterocycles. The Balaban J connectivity index is 0.000000461. The van der Waals surface area contributed by atoms with Crippen LogP contribution in [0.5, 0.6) is 0 Å². The highest BCUT2D eigenvalue weighted by Gasteiger charge is 1.88. The van der Waals surface area contributed by atoms with Crippen molar-refractivity contribution in [2.24, 2.45) is 0 Å². The lowest BCUT2D eigenvalue weighted by atomic mass is 10.6. The lowest BCUT2D eigenvalue weighted by Crippen LogP contribution is -1.98. The topological polar surface area (TPSA) is 63.8 Å². The molecule has 0 spiro atoms. The summed E-state index contributed by atoms with van der Waals surface area (Å²) in [5.74, 6) is 1.03. The van der Waals surface area contributed by atoms with Crippen molar-refractivity contribution in [2.45, 2.75) is 13.8 Å². The second kappa shape index (κ2) is 5.46. The van der Waals surface area contributed by atoms with Gasteiger partial charge in [0.1, 0.15) is 5.82 Å². The molecule has 0 aliphatic rings. The number of anilines is 2. The van der Waals surface area contributed by atoms with Gasteiger partial charge in [0.25, 0.3) is 0 Å². The molecule has 0 saturated carbocycles. The Morgan fingerprint density at radius 1 is 1.45 bits per heavy atom. The summed E-state index contributed by atoms with van der Waals surface area (Å²) in [6, 6.07) is 1.64. The standard InChI is InChI=1S/C5H8N4.C2H6/c1-7-5-8-3-2-4(6)9-5;1-2/h2-3H,1H3,(H3,6,7,8,9);1-2H3. The second-order valence-electron chi connectivity index (χ2n) is 1.56. The van der Waals surface area contributed by atoms with Crippen LogP contribution in [-0.4, -0.2) is 17.0 Å². The van der Waals surface area contributed by atoms with Crippen molar-refractivity contribution < 1.29 is 0 Å². The van der Waals surface area contributed by atoms with E-state index in [0.717, 1.165) is 0 Å². The van der Waals surface area contributed by atoms with E-state index in [1.54, 1.807) is 19.3 Å². The summed E-state index contributed by atoms with van der Waals surface area (Å²) in [5, 5.41) is 2.77. The Hall–Kier alpha value is -1.32. The third kappa shape index (κ3) is 3.40. The average molecular weight is 154 g/mol. The number of nitrogen functional groups attached to an aromatic ring is 1. The predicted molar refractivity (Wildman–Crippen MR) is 47.3 cm³/mol. The Labute approximate surface area is 66.9 Å². The molecule has 1 rings (SSSR count). The zero-order valence-corrected chi connectivity index (χ0v) is 7.13. The first-order chi connectivity index (χ1) is 5.33. The number of nitrogens with one attached hydrogen (secondary N) is 1. The number of hydrogen-bond donors (Lipinski definition) is 2. The molecule has 0 bridgehead atoms. The summed E-state index contributed by atoms with van der Waals surface area (Å²) in [4.78, 5) is 7.70. The van der Waals surface area contributed by atoms with Crippen LogP contribution in [-0.2, 0) is 0 Å². The van der Waals surface area contributed by atoms with E-state index in [0.29, 0.717) is 11.8 Å². The monoisotopic (exact) mass is 154 g/mol. The molecule has 0 aliphatic carbocycles. The number of rotatable bonds is 1. The van der Waals surface area contributed by atoms with Crippen LogP contribution in [0.4, 0.5) is 11.8 Å². The first-order valence-corrected chi connectivity index (χ1v) is 3.59. The molecule has 1 aromatic rings. The van der Waals surface area contributed by atoms with Crippen LogP contribution >= 0.6 is 0 Å². The molecule has 0 amide bonds. The van der Waals surface area contributed by atoms with Crippen LogP contribution in [0, 0.1) is 0 Å². The van der Waals surface area contributed by atoms with Crippen LogP contribution in [0.1, 0.15) is 13.8 Å². The molecular weight excluding hydrogens is 140 g/mol. The summed E-state index contributed by atoms with van der Waals surface area (Å²) in [6.07, 6.45) is 1.61. The predicted octanol–water partition coefficient (Wildman–Crippen LogP) is 1.13. The highest BCUT2D eigenvalue weighted by atomic mass is 15.1. The lowest BCUT2D eigenvalue weighted by Gasteiger charge is -1.95. The zero-order valence-electron chi connectivity index (χ0n) is 7.13. The molecule has 0 aromatic carbocycles. The smallest absolute Gasteiger partial charge is 0.224 e. The minimum absolute atomic E-state index is 0.481. The van der Waals surface area contributed by atoms with E-state index in [2.05, 4.69) is 15.3 Å². The van der Waals surface area contributed by atoms with Gasteiger partial charge in [-0.15, -0.1) is 0 Å². The Bertz CT molecular complexity index is 199. The van der Waals surface area contributed by atoms with E-state index in [1.165, 1.54) is 0 Å². The molecule has 11 heavy (non-hydrogen) atoms. The molecule has 0 unspecified atom stereocenters. The van der Waals surface area contributed by atoms with Crippen LogP contribution in [0.15, 0.2) is 12.3 Å². The van der Waals surface area contributed by atoms with Gasteiger partial charge in [-0.3, -0.25) is 0 Å². The summed E-state index contributed by atoms with van der Waals surface area (Å²) < 4.78 is 0. The maximum atomic E-state index is 5.34. The third-order valence-electron chi connectivity index (χ3n) is 0.901. The maximum absolute atomic E-state index is 5.34. The van der Waals surface area contributed by atoms with E-state index in [-0.39, 0.29) is 0 Å². The van der Waals surface area contributed by atoms with Gasteiger partial charge in [0, 0.05) is 13.2 Å². The van der Waals surface area contributed by atoms with Crippen molar-refractivity contribution in [1.29, 1.82) is 0 Å². The highest BCUT2D eigenvalue weighted by molar-refractivity contribution is 5.34. The van der Waals surface area contributed by atoms with Gasteiger partial charge < -0.3 is 11.1 Å². The molecular formula is C7H14N4. The zero-order chi connectivity index (χ0) is 8.69. The molecule has 1 aromatic heterocycles. The van der Waals surface area contributed by atoms with Gasteiger partial charge in [-0.1, -0.05) is 13.8 Å². The minimum atomic E-state index is 0.481. The van der Waals surface area contributed by atoms with E-state index in [9.17, 15) is 0 Å². The van der Waals surface area contributed by atoms with Gasteiger partial charge in [-0.25, -0.2) is 4.98 Å². The maximum Gasteiger partial charge on any atom is 0.224 e. The quantitative estimate of drug-likeness (QED) is 0.636. The van der Waals surface area contributed by atoms with Crippen molar-refractivity contribution >= 4 is 11.8 Å². The molecule has 0 fully saturated rings. The van der Waals surface area contributed by atoms with E-state index < -0.39 is 0 Å². The number of hydrogen-bond acceptors (Lipinski definition) is 4. The molecule has 1 heterocycles. The normalized spacial score (nSPS) is 7.91. The summed E-state index contributed by atoms with van der Waals surface area (Å²) in [7, 11) is 1.74. The molecule has 0 atom stereocenters. The third-order valence-corrected chi connectivity index (χ3v) is 0.901. The van der Waals surface area contributed by atoms with Crippen molar-refractivity contribution in [3.05, 3.63) is 12.3 Å². The number of nitrogens with zero attached hydrogens (tertiary/aromatic N) is 2. The number of aromatic nitrogens is 2. The van der Waals surface area contributed by atoms with E-state index in [1.807, 2.05) is 13.8 Å². The second-order valence-corrected chi connectivity index (χ2v) is 1.56. The first-order valence-electron chi connectivity index (χ1n) is 3.59. The molecule has 4 nitrogen and oxygen atoms in total. The van der Waals surface area contributed by atoms with Crippen molar-refractivity contribution in [3.8, 4) is 0 Å². The van der Waals surface area contributed by atoms with Crippen molar-refractivity contribution in [2.75, 3.05) is 18.1 Å². The Kier molecular flexibility index (Phi) is 4.81. The van der Waals surface area contributed by atoms with E-state index in [4.69, 9.17) is 5.73 Å². The van der Waals surface area contributed by atoms with Crippen LogP contribution in [0.2, 0.25) is 0 Å².